The molecular weight excluding hydrogens is 300 g/mol. The van der Waals surface area contributed by atoms with Gasteiger partial charge in [-0.3, -0.25) is 9.48 Å². The monoisotopic (exact) mass is 318 g/mol. The summed E-state index contributed by atoms with van der Waals surface area (Å²) in [6.07, 6.45) is 1.64. The molecule has 22 heavy (non-hydrogen) atoms. The molecule has 6 heteroatoms. The Balaban J connectivity index is 1.95. The zero-order chi connectivity index (χ0) is 15.7. The molecule has 0 aliphatic carbocycles. The fourth-order valence-electron chi connectivity index (χ4n) is 2.83. The summed E-state index contributed by atoms with van der Waals surface area (Å²) in [7, 11) is 1.84. The number of rotatable bonds is 2. The van der Waals surface area contributed by atoms with Gasteiger partial charge >= 0.3 is 0 Å². The number of carbonyl (C=O) groups excluding carboxylic acids is 1. The van der Waals surface area contributed by atoms with E-state index in [0.717, 1.165) is 17.8 Å². The number of benzene rings is 1. The lowest BCUT2D eigenvalue weighted by Crippen LogP contribution is -2.48. The minimum Gasteiger partial charge on any atom is -0.329 e. The molecule has 116 valence electrons. The molecule has 1 amide bonds. The van der Waals surface area contributed by atoms with Gasteiger partial charge in [-0.15, -0.1) is 0 Å². The molecule has 0 spiro atoms. The van der Waals surface area contributed by atoms with Crippen molar-refractivity contribution in [2.75, 3.05) is 19.6 Å². The zero-order valence-corrected chi connectivity index (χ0v) is 13.5. The third-order valence-corrected chi connectivity index (χ3v) is 4.58. The van der Waals surface area contributed by atoms with Crippen molar-refractivity contribution < 1.29 is 4.79 Å². The summed E-state index contributed by atoms with van der Waals surface area (Å²) in [4.78, 5) is 14.8. The molecule has 1 aromatic heterocycles. The molecule has 0 saturated carbocycles. The van der Waals surface area contributed by atoms with Gasteiger partial charge in [0, 0.05) is 37.4 Å². The Morgan fingerprint density at radius 2 is 2.18 bits per heavy atom. The molecule has 1 fully saturated rings. The van der Waals surface area contributed by atoms with Crippen molar-refractivity contribution in [3.8, 4) is 0 Å². The van der Waals surface area contributed by atoms with Crippen LogP contribution >= 0.6 is 11.6 Å². The average molecular weight is 319 g/mol. The van der Waals surface area contributed by atoms with Crippen molar-refractivity contribution in [3.63, 3.8) is 0 Å². The fourth-order valence-corrected chi connectivity index (χ4v) is 3.10. The predicted octanol–water partition coefficient (Wildman–Crippen LogP) is 2.17. The minimum atomic E-state index is -0.0606. The van der Waals surface area contributed by atoms with Gasteiger partial charge in [0.15, 0.2) is 0 Å². The highest BCUT2D eigenvalue weighted by molar-refractivity contribution is 6.31. The van der Waals surface area contributed by atoms with Gasteiger partial charge in [-0.2, -0.15) is 5.10 Å². The number of halogens is 1. The number of nitrogens with zero attached hydrogens (tertiary/aromatic N) is 3. The number of hydrogen-bond acceptors (Lipinski definition) is 3. The lowest BCUT2D eigenvalue weighted by molar-refractivity contribution is 0.0633. The number of carbonyl (C=O) groups is 1. The van der Waals surface area contributed by atoms with Gasteiger partial charge in [-0.1, -0.05) is 29.8 Å². The lowest BCUT2D eigenvalue weighted by Gasteiger charge is -2.37. The van der Waals surface area contributed by atoms with Crippen LogP contribution in [0.1, 0.15) is 27.7 Å². The Morgan fingerprint density at radius 3 is 2.86 bits per heavy atom. The molecule has 1 aromatic carbocycles. The highest BCUT2D eigenvalue weighted by atomic mass is 35.5. The topological polar surface area (TPSA) is 50.2 Å². The first-order chi connectivity index (χ1) is 10.6. The Morgan fingerprint density at radius 1 is 1.41 bits per heavy atom. The van der Waals surface area contributed by atoms with Crippen LogP contribution in [-0.2, 0) is 7.05 Å². The normalized spacial score (nSPS) is 18.5. The molecule has 5 nitrogen and oxygen atoms in total. The van der Waals surface area contributed by atoms with Gasteiger partial charge in [0.25, 0.3) is 5.91 Å². The Kier molecular flexibility index (Phi) is 4.18. The maximum absolute atomic E-state index is 12.9. The molecule has 1 aliphatic heterocycles. The molecule has 1 unspecified atom stereocenters. The summed E-state index contributed by atoms with van der Waals surface area (Å²) in [6.45, 7) is 4.05. The van der Waals surface area contributed by atoms with E-state index < -0.39 is 0 Å². The molecule has 1 atom stereocenters. The van der Waals surface area contributed by atoms with Gasteiger partial charge in [0.1, 0.15) is 0 Å². The van der Waals surface area contributed by atoms with Crippen LogP contribution < -0.4 is 5.32 Å². The van der Waals surface area contributed by atoms with Crippen molar-refractivity contribution in [2.24, 2.45) is 7.05 Å². The first kappa shape index (κ1) is 15.1. The largest absolute Gasteiger partial charge is 0.329 e. The Bertz CT molecular complexity index is 697. The second-order valence-corrected chi connectivity index (χ2v) is 5.91. The second-order valence-electron chi connectivity index (χ2n) is 5.51. The van der Waals surface area contributed by atoms with Crippen LogP contribution in [0.25, 0.3) is 0 Å². The SMILES string of the molecule is Cc1c(C(=O)N2CCNCC2c2ccccc2Cl)cnn1C. The van der Waals surface area contributed by atoms with Crippen LogP contribution in [0.3, 0.4) is 0 Å². The van der Waals surface area contributed by atoms with Gasteiger partial charge in [0.05, 0.1) is 17.8 Å². The molecule has 1 aliphatic rings. The molecule has 2 heterocycles. The van der Waals surface area contributed by atoms with Crippen molar-refractivity contribution in [2.45, 2.75) is 13.0 Å². The van der Waals surface area contributed by atoms with Gasteiger partial charge in [0.2, 0.25) is 0 Å². The van der Waals surface area contributed by atoms with Crippen molar-refractivity contribution >= 4 is 17.5 Å². The summed E-state index contributed by atoms with van der Waals surface area (Å²) < 4.78 is 1.72. The molecular formula is C16H19ClN4O. The number of amides is 1. The number of hydrogen-bond donors (Lipinski definition) is 1. The zero-order valence-electron chi connectivity index (χ0n) is 12.7. The third kappa shape index (κ3) is 2.62. The maximum Gasteiger partial charge on any atom is 0.257 e. The van der Waals surface area contributed by atoms with Crippen LogP contribution in [0, 0.1) is 6.92 Å². The van der Waals surface area contributed by atoms with Crippen LogP contribution in [-0.4, -0.2) is 40.2 Å². The van der Waals surface area contributed by atoms with E-state index in [4.69, 9.17) is 11.6 Å². The summed E-state index contributed by atoms with van der Waals surface area (Å²) in [5, 5.41) is 8.21. The number of nitrogens with one attached hydrogen (secondary N) is 1. The van der Waals surface area contributed by atoms with Crippen LogP contribution in [0.15, 0.2) is 30.5 Å². The van der Waals surface area contributed by atoms with Crippen LogP contribution in [0.2, 0.25) is 5.02 Å². The molecule has 2 aromatic rings. The molecule has 0 radical (unpaired) electrons. The first-order valence-electron chi connectivity index (χ1n) is 7.34. The summed E-state index contributed by atoms with van der Waals surface area (Å²) >= 11 is 6.33. The van der Waals surface area contributed by atoms with Gasteiger partial charge in [-0.25, -0.2) is 0 Å². The molecule has 1 saturated heterocycles. The maximum atomic E-state index is 12.9. The lowest BCUT2D eigenvalue weighted by atomic mass is 10.0. The highest BCUT2D eigenvalue weighted by Crippen LogP contribution is 2.29. The number of aryl methyl sites for hydroxylation is 1. The van der Waals surface area contributed by atoms with Gasteiger partial charge in [-0.05, 0) is 18.6 Å². The van der Waals surface area contributed by atoms with E-state index >= 15 is 0 Å². The van der Waals surface area contributed by atoms with Crippen LogP contribution in [0.4, 0.5) is 0 Å². The number of aromatic nitrogens is 2. The van der Waals surface area contributed by atoms with E-state index in [2.05, 4.69) is 10.4 Å². The van der Waals surface area contributed by atoms with E-state index in [1.54, 1.807) is 10.9 Å². The highest BCUT2D eigenvalue weighted by Gasteiger charge is 2.31. The molecule has 1 N–H and O–H groups in total. The van der Waals surface area contributed by atoms with Gasteiger partial charge < -0.3 is 10.2 Å². The Hall–Kier alpha value is -1.85. The Labute approximate surface area is 134 Å². The van der Waals surface area contributed by atoms with E-state index in [9.17, 15) is 4.79 Å². The quantitative estimate of drug-likeness (QED) is 0.923. The summed E-state index contributed by atoms with van der Waals surface area (Å²) in [5.41, 5.74) is 2.51. The minimum absolute atomic E-state index is 0.0111. The predicted molar refractivity (Wildman–Crippen MR) is 86.0 cm³/mol. The second kappa shape index (κ2) is 6.10. The fraction of sp³-hybridized carbons (Fsp3) is 0.375. The summed E-state index contributed by atoms with van der Waals surface area (Å²) in [6, 6.07) is 7.64. The molecule has 3 rings (SSSR count). The number of piperazine rings is 1. The summed E-state index contributed by atoms with van der Waals surface area (Å²) in [5.74, 6) is 0.0111. The third-order valence-electron chi connectivity index (χ3n) is 4.23. The molecule has 0 bridgehead atoms. The first-order valence-corrected chi connectivity index (χ1v) is 7.72. The van der Waals surface area contributed by atoms with E-state index in [1.807, 2.05) is 43.1 Å². The van der Waals surface area contributed by atoms with Crippen LogP contribution in [0.5, 0.6) is 0 Å². The average Bonchev–Trinajstić information content (AvgIpc) is 2.87. The van der Waals surface area contributed by atoms with Crippen molar-refractivity contribution in [1.82, 2.24) is 20.0 Å². The van der Waals surface area contributed by atoms with E-state index in [1.165, 1.54) is 0 Å². The van der Waals surface area contributed by atoms with Crippen molar-refractivity contribution in [1.29, 1.82) is 0 Å². The standard InChI is InChI=1S/C16H19ClN4O/c1-11-13(9-19-20(11)2)16(22)21-8-7-18-10-15(21)12-5-3-4-6-14(12)17/h3-6,9,15,18H,7-8,10H2,1-2H3. The van der Waals surface area contributed by atoms with E-state index in [-0.39, 0.29) is 11.9 Å². The van der Waals surface area contributed by atoms with Crippen molar-refractivity contribution in [3.05, 3.63) is 52.3 Å². The smallest absolute Gasteiger partial charge is 0.257 e. The van der Waals surface area contributed by atoms with E-state index in [0.29, 0.717) is 23.7 Å².